The molecule has 0 radical (unpaired) electrons. The number of fused-ring (bicyclic) bond motifs is 19. The molecule has 394 valence electrons. The van der Waals surface area contributed by atoms with Gasteiger partial charge in [-0.3, -0.25) is 0 Å². The fourth-order valence-electron chi connectivity index (χ4n) is 15.2. The number of aromatic nitrogens is 4. The van der Waals surface area contributed by atoms with Crippen molar-refractivity contribution in [2.45, 2.75) is 0 Å². The minimum atomic E-state index is -0.128. The molecule has 4 aromatic heterocycles. The lowest BCUT2D eigenvalue weighted by Crippen LogP contribution is -2.60. The zero-order valence-corrected chi connectivity index (χ0v) is 46.1. The van der Waals surface area contributed by atoms with Crippen LogP contribution in [0.15, 0.2) is 297 Å². The van der Waals surface area contributed by atoms with Crippen LogP contribution in [0, 0.1) is 0 Å². The lowest BCUT2D eigenvalue weighted by atomic mass is 9.33. The maximum absolute atomic E-state index is 2.62. The number of rotatable bonds is 7. The average Bonchev–Trinajstić information content (AvgIpc) is 1.80. The lowest BCUT2D eigenvalue weighted by Gasteiger charge is -2.41. The molecule has 6 heterocycles. The molecule has 2 aliphatic heterocycles. The van der Waals surface area contributed by atoms with Crippen LogP contribution in [0.4, 0.5) is 34.1 Å². The molecule has 0 N–H and O–H groups in total. The van der Waals surface area contributed by atoms with Gasteiger partial charge >= 0.3 is 0 Å². The Morgan fingerprint density at radius 2 is 0.659 bits per heavy atom. The normalized spacial score (nSPS) is 12.7. The number of para-hydroxylation sites is 10. The van der Waals surface area contributed by atoms with Crippen molar-refractivity contribution in [1.29, 1.82) is 0 Å². The quantitative estimate of drug-likeness (QED) is 0.149. The monoisotopic (exact) mass is 1080 g/mol. The summed E-state index contributed by atoms with van der Waals surface area (Å²) in [6.45, 7) is -0.128. The SMILES string of the molecule is c1ccc(N(c2ccccc2)c2cc3c4c(c2)-n2c5ccccc5c5cccc(c52)B4c2cc(-n4c5ccccc5c5c6c(c7ccccc7n6-c6ccccc6)c6c(c7ccccc7n6-c6ccccc6)c54)ccc2N3c2ccccc2)cc1. The maximum atomic E-state index is 2.62. The first-order valence-electron chi connectivity index (χ1n) is 29.4. The predicted molar refractivity (Wildman–Crippen MR) is 358 cm³/mol. The highest BCUT2D eigenvalue weighted by Gasteiger charge is 2.43. The number of hydrogen-bond acceptors (Lipinski definition) is 2. The van der Waals surface area contributed by atoms with Crippen molar-refractivity contribution in [2.24, 2.45) is 0 Å². The van der Waals surface area contributed by atoms with Gasteiger partial charge in [0.2, 0.25) is 0 Å². The molecule has 17 aromatic rings. The average molecular weight is 1080 g/mol. The fourth-order valence-corrected chi connectivity index (χ4v) is 15.2. The number of benzene rings is 13. The zero-order chi connectivity index (χ0) is 55.4. The number of anilines is 6. The molecule has 7 heteroatoms. The van der Waals surface area contributed by atoms with Gasteiger partial charge in [-0.25, -0.2) is 0 Å². The molecule has 19 rings (SSSR count). The maximum Gasteiger partial charge on any atom is 0.252 e. The van der Waals surface area contributed by atoms with Crippen LogP contribution >= 0.6 is 0 Å². The van der Waals surface area contributed by atoms with E-state index in [9.17, 15) is 0 Å². The van der Waals surface area contributed by atoms with Gasteiger partial charge in [0, 0.05) is 99.8 Å². The van der Waals surface area contributed by atoms with Crippen molar-refractivity contribution >= 4 is 144 Å². The van der Waals surface area contributed by atoms with E-state index in [2.05, 4.69) is 325 Å². The summed E-state index contributed by atoms with van der Waals surface area (Å²) in [7, 11) is 0. The summed E-state index contributed by atoms with van der Waals surface area (Å²) in [5.41, 5.74) is 24.6. The molecule has 13 aromatic carbocycles. The Hall–Kier alpha value is -11.3. The van der Waals surface area contributed by atoms with Gasteiger partial charge in [-0.05, 0) is 132 Å². The van der Waals surface area contributed by atoms with Gasteiger partial charge < -0.3 is 28.1 Å². The van der Waals surface area contributed by atoms with Crippen LogP contribution in [0.5, 0.6) is 0 Å². The Bertz CT molecular complexity index is 5500. The van der Waals surface area contributed by atoms with E-state index in [0.717, 1.165) is 56.7 Å². The first-order valence-corrected chi connectivity index (χ1v) is 29.4. The van der Waals surface area contributed by atoms with Crippen LogP contribution in [-0.4, -0.2) is 25.0 Å². The van der Waals surface area contributed by atoms with Crippen LogP contribution in [0.2, 0.25) is 0 Å². The van der Waals surface area contributed by atoms with E-state index < -0.39 is 0 Å². The molecule has 0 saturated carbocycles. The van der Waals surface area contributed by atoms with E-state index in [-0.39, 0.29) is 6.71 Å². The topological polar surface area (TPSA) is 26.2 Å². The molecule has 0 unspecified atom stereocenters. The zero-order valence-electron chi connectivity index (χ0n) is 46.1. The van der Waals surface area contributed by atoms with Gasteiger partial charge in [-0.15, -0.1) is 0 Å². The van der Waals surface area contributed by atoms with Crippen LogP contribution in [0.3, 0.4) is 0 Å². The molecule has 0 bridgehead atoms. The summed E-state index contributed by atoms with van der Waals surface area (Å²) < 4.78 is 10.3. The van der Waals surface area contributed by atoms with E-state index in [1.165, 1.54) is 104 Å². The van der Waals surface area contributed by atoms with E-state index in [1.54, 1.807) is 0 Å². The van der Waals surface area contributed by atoms with Gasteiger partial charge in [0.25, 0.3) is 6.71 Å². The lowest BCUT2D eigenvalue weighted by molar-refractivity contribution is 1.16. The molecular formula is C78H49BN6. The second kappa shape index (κ2) is 17.6. The molecule has 0 amide bonds. The highest BCUT2D eigenvalue weighted by atomic mass is 15.2. The first kappa shape index (κ1) is 46.3. The van der Waals surface area contributed by atoms with Crippen molar-refractivity contribution in [2.75, 3.05) is 9.80 Å². The van der Waals surface area contributed by atoms with Crippen molar-refractivity contribution in [3.63, 3.8) is 0 Å². The minimum absolute atomic E-state index is 0.128. The molecule has 0 fully saturated rings. The summed E-state index contributed by atoms with van der Waals surface area (Å²) in [6.07, 6.45) is 0. The molecule has 6 nitrogen and oxygen atoms in total. The Morgan fingerprint density at radius 1 is 0.247 bits per heavy atom. The third-order valence-electron chi connectivity index (χ3n) is 18.4. The van der Waals surface area contributed by atoms with Crippen LogP contribution < -0.4 is 26.2 Å². The van der Waals surface area contributed by atoms with E-state index in [0.29, 0.717) is 0 Å². The standard InChI is InChI=1S/C78H49BN6/c1-6-25-50(26-7-1)80(51-27-8-2-9-28-51)56-48-69-74-70(49-56)85-64-41-20-16-35-57(64)58-39-24-40-62(75(58)85)79(74)63-47-55(45-46-68(63)81(69)52-29-10-3-11-30-52)84-67-44-23-19-38-61(67)73-77-71(59-36-17-21-42-65(59)82(77)53-31-12-4-13-32-53)76-72(78(73)84)60-37-18-22-43-66(60)83(76)54-33-14-5-15-34-54/h1-49H. The van der Waals surface area contributed by atoms with Gasteiger partial charge in [-0.2, -0.15) is 0 Å². The van der Waals surface area contributed by atoms with Crippen molar-refractivity contribution in [1.82, 2.24) is 18.3 Å². The Balaban J connectivity index is 0.976. The number of hydrogen-bond donors (Lipinski definition) is 0. The Labute approximate surface area is 489 Å². The van der Waals surface area contributed by atoms with Gasteiger partial charge in [-0.1, -0.05) is 182 Å². The largest absolute Gasteiger partial charge is 0.311 e. The highest BCUT2D eigenvalue weighted by Crippen LogP contribution is 2.52. The summed E-state index contributed by atoms with van der Waals surface area (Å²) in [5, 5.41) is 9.84. The molecule has 0 atom stereocenters. The summed E-state index contributed by atoms with van der Waals surface area (Å²) in [4.78, 5) is 4.96. The van der Waals surface area contributed by atoms with Crippen molar-refractivity contribution in [3.8, 4) is 22.7 Å². The Kier molecular flexibility index (Phi) is 9.61. The predicted octanol–water partition coefficient (Wildman–Crippen LogP) is 18.2. The second-order valence-electron chi connectivity index (χ2n) is 22.7. The third kappa shape index (κ3) is 6.33. The molecule has 85 heavy (non-hydrogen) atoms. The van der Waals surface area contributed by atoms with Gasteiger partial charge in [0.1, 0.15) is 0 Å². The second-order valence-corrected chi connectivity index (χ2v) is 22.7. The van der Waals surface area contributed by atoms with Crippen molar-refractivity contribution in [3.05, 3.63) is 297 Å². The van der Waals surface area contributed by atoms with E-state index in [1.807, 2.05) is 0 Å². The van der Waals surface area contributed by atoms with Gasteiger partial charge in [0.15, 0.2) is 0 Å². The molecule has 0 saturated heterocycles. The molecule has 0 aliphatic carbocycles. The number of nitrogens with zero attached hydrogens (tertiary/aromatic N) is 6. The minimum Gasteiger partial charge on any atom is -0.311 e. The van der Waals surface area contributed by atoms with Crippen LogP contribution in [-0.2, 0) is 0 Å². The van der Waals surface area contributed by atoms with Gasteiger partial charge in [0.05, 0.1) is 44.3 Å². The molecule has 0 spiro atoms. The summed E-state index contributed by atoms with van der Waals surface area (Å²) >= 11 is 0. The third-order valence-corrected chi connectivity index (χ3v) is 18.4. The van der Waals surface area contributed by atoms with Crippen LogP contribution in [0.1, 0.15) is 0 Å². The highest BCUT2D eigenvalue weighted by molar-refractivity contribution is 7.00. The molecule has 2 aliphatic rings. The first-order chi connectivity index (χ1) is 42.3. The summed E-state index contributed by atoms with van der Waals surface area (Å²) in [6, 6.07) is 110. The van der Waals surface area contributed by atoms with E-state index in [4.69, 9.17) is 0 Å². The molecular weight excluding hydrogens is 1030 g/mol. The fraction of sp³-hybridized carbons (Fsp3) is 0. The van der Waals surface area contributed by atoms with Crippen LogP contribution in [0.25, 0.3) is 110 Å². The summed E-state index contributed by atoms with van der Waals surface area (Å²) in [5.74, 6) is 0. The smallest absolute Gasteiger partial charge is 0.252 e. The Morgan fingerprint density at radius 3 is 1.18 bits per heavy atom. The van der Waals surface area contributed by atoms with E-state index >= 15 is 0 Å². The van der Waals surface area contributed by atoms with Crippen molar-refractivity contribution < 1.29 is 0 Å².